The van der Waals surface area contributed by atoms with Crippen molar-refractivity contribution in [3.05, 3.63) is 20.7 Å². The highest BCUT2D eigenvalue weighted by Crippen LogP contribution is 1.67. The fourth-order valence-electron chi connectivity index (χ4n) is 0.127. The van der Waals surface area contributed by atoms with Gasteiger partial charge in [0.15, 0.2) is 0 Å². The Morgan fingerprint density at radius 3 is 1.50 bits per heavy atom. The maximum Gasteiger partial charge on any atom is 0.330 e. The number of nitrogens with zero attached hydrogens (tertiary/aromatic N) is 1. The van der Waals surface area contributed by atoms with Gasteiger partial charge in [-0.1, -0.05) is 12.8 Å². The van der Waals surface area contributed by atoms with E-state index in [2.05, 4.69) is 12.8 Å². The molecule has 0 atom stereocenters. The summed E-state index contributed by atoms with van der Waals surface area (Å²) in [7, 11) is 0. The summed E-state index contributed by atoms with van der Waals surface area (Å²) >= 11 is 3.40. The molecule has 1 heterocycles. The lowest BCUT2D eigenvalue weighted by molar-refractivity contribution is 1.44. The van der Waals surface area contributed by atoms with Crippen LogP contribution in [-0.2, 0) is 0 Å². The van der Waals surface area contributed by atoms with Crippen LogP contribution < -0.4 is 11.1 Å². The van der Waals surface area contributed by atoms with Crippen molar-refractivity contribution in [1.82, 2.24) is 3.97 Å². The zero-order valence-electron chi connectivity index (χ0n) is 2.71. The predicted octanol–water partition coefficient (Wildman–Crippen LogP) is -1.22. The summed E-state index contributed by atoms with van der Waals surface area (Å²) in [5.74, 6) is 0. The van der Waals surface area contributed by atoms with Crippen molar-refractivity contribution < 1.29 is 0 Å². The molecule has 0 saturated heterocycles. The lowest BCUT2D eigenvalue weighted by atomic mass is 11.1. The molecule has 0 aliphatic rings. The Morgan fingerprint density at radius 2 is 1.50 bits per heavy atom. The quantitative estimate of drug-likeness (QED) is 0.330. The van der Waals surface area contributed by atoms with E-state index in [9.17, 15) is 9.59 Å². The zero-order chi connectivity index (χ0) is 4.73. The van der Waals surface area contributed by atoms with Crippen molar-refractivity contribution in [2.45, 2.75) is 0 Å². The van der Waals surface area contributed by atoms with Gasteiger partial charge in [0.05, 0.1) is 0 Å². The summed E-state index contributed by atoms with van der Waals surface area (Å²) < 4.78 is 0.750. The van der Waals surface area contributed by atoms with E-state index in [1.165, 1.54) is 0 Å². The molecular formula is C2HNO2S. The molecular weight excluding hydrogens is 102 g/mol. The highest BCUT2D eigenvalue weighted by Gasteiger charge is 2.09. The van der Waals surface area contributed by atoms with Crippen LogP contribution in [0.25, 0.3) is 0 Å². The fraction of sp³-hybridized carbons (Fsp3) is 0. The monoisotopic (exact) mass is 103 g/mol. The van der Waals surface area contributed by atoms with E-state index in [-0.39, 0.29) is 0 Å². The van der Waals surface area contributed by atoms with Crippen LogP contribution in [0.2, 0.25) is 0 Å². The molecule has 0 bridgehead atoms. The number of thiol groups is 1. The summed E-state index contributed by atoms with van der Waals surface area (Å²) in [6, 6.07) is 0. The Hall–Kier alpha value is -0.510. The largest absolute Gasteiger partial charge is 0.330 e. The first kappa shape index (κ1) is 3.67. The summed E-state index contributed by atoms with van der Waals surface area (Å²) in [5, 5.41) is 0. The minimum atomic E-state index is -0.515. The molecule has 0 N–H and O–H groups in total. The van der Waals surface area contributed by atoms with E-state index in [1.807, 2.05) is 0 Å². The molecule has 1 aromatic rings. The van der Waals surface area contributed by atoms with Crippen LogP contribution in [0.3, 0.4) is 0 Å². The van der Waals surface area contributed by atoms with Gasteiger partial charge in [-0.05, 0) is 0 Å². The molecule has 0 unspecified atom stereocenters. The average Bonchev–Trinajstić information content (AvgIpc) is 1.94. The van der Waals surface area contributed by atoms with E-state index in [0.29, 0.717) is 0 Å². The van der Waals surface area contributed by atoms with Crippen molar-refractivity contribution in [1.29, 1.82) is 0 Å². The Kier molecular flexibility index (Phi) is 0.464. The first-order chi connectivity index (χ1) is 2.73. The molecule has 0 aliphatic heterocycles. The molecule has 6 heavy (non-hydrogen) atoms. The van der Waals surface area contributed by atoms with Crippen LogP contribution >= 0.6 is 12.8 Å². The van der Waals surface area contributed by atoms with E-state index < -0.39 is 11.1 Å². The SMILES string of the molecule is O=c1c(=O)n1S. The van der Waals surface area contributed by atoms with Crippen LogP contribution in [0.1, 0.15) is 0 Å². The fourth-order valence-corrected chi connectivity index (χ4v) is 0.254. The summed E-state index contributed by atoms with van der Waals surface area (Å²) in [4.78, 5) is 19.4. The van der Waals surface area contributed by atoms with Gasteiger partial charge in [-0.3, -0.25) is 9.59 Å². The maximum atomic E-state index is 9.72. The molecule has 0 fully saturated rings. The summed E-state index contributed by atoms with van der Waals surface area (Å²) in [6.07, 6.45) is 0. The second-order valence-electron chi connectivity index (χ2n) is 0.922. The summed E-state index contributed by atoms with van der Waals surface area (Å²) in [6.45, 7) is 0. The standard InChI is InChI=1S/C2HNO2S/c4-1-2(5)3(1)6/h6H. The number of hydrogen-bond acceptors (Lipinski definition) is 3. The smallest absolute Gasteiger partial charge is 0.262 e. The van der Waals surface area contributed by atoms with Crippen molar-refractivity contribution in [3.63, 3.8) is 0 Å². The highest BCUT2D eigenvalue weighted by atomic mass is 32.1. The lowest BCUT2D eigenvalue weighted by Gasteiger charge is -1.50. The molecule has 0 aromatic carbocycles. The van der Waals surface area contributed by atoms with E-state index >= 15 is 0 Å². The topological polar surface area (TPSA) is 39.1 Å². The molecule has 1 aromatic heterocycles. The van der Waals surface area contributed by atoms with Gasteiger partial charge in [0.1, 0.15) is 0 Å². The first-order valence-corrected chi connectivity index (χ1v) is 1.71. The number of rotatable bonds is 0. The zero-order valence-corrected chi connectivity index (χ0v) is 3.61. The third-order valence-corrected chi connectivity index (χ3v) is 0.881. The minimum absolute atomic E-state index is 0.515. The Bertz CT molecular complexity index is 193. The van der Waals surface area contributed by atoms with Gasteiger partial charge in [0.25, 0.3) is 0 Å². The van der Waals surface area contributed by atoms with E-state index in [4.69, 9.17) is 0 Å². The van der Waals surface area contributed by atoms with Crippen LogP contribution in [0, 0.1) is 0 Å². The van der Waals surface area contributed by atoms with Gasteiger partial charge in [0, 0.05) is 0 Å². The molecule has 4 heteroatoms. The van der Waals surface area contributed by atoms with Crippen LogP contribution in [0.4, 0.5) is 0 Å². The minimum Gasteiger partial charge on any atom is -0.262 e. The van der Waals surface area contributed by atoms with Gasteiger partial charge in [0.2, 0.25) is 0 Å². The molecule has 3 nitrogen and oxygen atoms in total. The average molecular weight is 103 g/mol. The second kappa shape index (κ2) is 0.759. The van der Waals surface area contributed by atoms with E-state index in [0.717, 1.165) is 3.97 Å². The Balaban J connectivity index is 3.48. The molecule has 0 spiro atoms. The third kappa shape index (κ3) is 0.240. The number of hydrogen-bond donors (Lipinski definition) is 1. The van der Waals surface area contributed by atoms with Crippen molar-refractivity contribution in [2.75, 3.05) is 0 Å². The Labute approximate surface area is 38.4 Å². The van der Waals surface area contributed by atoms with Crippen molar-refractivity contribution in [3.8, 4) is 0 Å². The van der Waals surface area contributed by atoms with E-state index in [1.54, 1.807) is 0 Å². The molecule has 0 aliphatic carbocycles. The van der Waals surface area contributed by atoms with Crippen LogP contribution in [0.5, 0.6) is 0 Å². The highest BCUT2D eigenvalue weighted by molar-refractivity contribution is 7.78. The molecule has 32 valence electrons. The predicted molar refractivity (Wildman–Crippen MR) is 23.7 cm³/mol. The van der Waals surface area contributed by atoms with Crippen LogP contribution in [-0.4, -0.2) is 3.97 Å². The van der Waals surface area contributed by atoms with Gasteiger partial charge in [-0.15, -0.1) is 0 Å². The van der Waals surface area contributed by atoms with Gasteiger partial charge < -0.3 is 0 Å². The van der Waals surface area contributed by atoms with Crippen LogP contribution in [0.15, 0.2) is 9.59 Å². The Morgan fingerprint density at radius 1 is 1.33 bits per heavy atom. The van der Waals surface area contributed by atoms with Crippen molar-refractivity contribution >= 4 is 12.8 Å². The summed E-state index contributed by atoms with van der Waals surface area (Å²) in [5.41, 5.74) is -1.03. The number of aromatic nitrogens is 1. The molecule has 1 rings (SSSR count). The molecule has 0 saturated carbocycles. The maximum absolute atomic E-state index is 9.72. The van der Waals surface area contributed by atoms with Gasteiger partial charge in [-0.25, -0.2) is 3.97 Å². The lowest BCUT2D eigenvalue weighted by Crippen LogP contribution is -1.88. The molecule has 0 amide bonds. The van der Waals surface area contributed by atoms with Gasteiger partial charge >= 0.3 is 11.1 Å². The first-order valence-electron chi connectivity index (χ1n) is 1.31. The molecule has 0 radical (unpaired) electrons. The van der Waals surface area contributed by atoms with Crippen molar-refractivity contribution in [2.24, 2.45) is 0 Å². The third-order valence-electron chi connectivity index (χ3n) is 0.518. The van der Waals surface area contributed by atoms with Gasteiger partial charge in [-0.2, -0.15) is 0 Å². The second-order valence-corrected chi connectivity index (χ2v) is 1.32. The normalized spacial score (nSPS) is 10.2.